The first kappa shape index (κ1) is 15.4. The summed E-state index contributed by atoms with van der Waals surface area (Å²) in [5.41, 5.74) is 3.03. The first-order valence-electron chi connectivity index (χ1n) is 7.40. The Balaban J connectivity index is 1.84. The van der Waals surface area contributed by atoms with Crippen LogP contribution in [-0.4, -0.2) is 34.9 Å². The number of hydrogen-bond acceptors (Lipinski definition) is 4. The lowest BCUT2D eigenvalue weighted by molar-refractivity contribution is -0.136. The number of carbonyl (C=O) groups excluding carboxylic acids is 1. The van der Waals surface area contributed by atoms with E-state index < -0.39 is 0 Å². The van der Waals surface area contributed by atoms with Crippen molar-refractivity contribution in [2.24, 2.45) is 11.8 Å². The van der Waals surface area contributed by atoms with Crippen molar-refractivity contribution >= 4 is 17.2 Å². The van der Waals surface area contributed by atoms with Crippen LogP contribution in [0.3, 0.4) is 0 Å². The van der Waals surface area contributed by atoms with E-state index >= 15 is 0 Å². The van der Waals surface area contributed by atoms with Crippen LogP contribution in [0.5, 0.6) is 0 Å². The van der Waals surface area contributed by atoms with Crippen molar-refractivity contribution in [1.82, 2.24) is 15.2 Å². The lowest BCUT2D eigenvalue weighted by Gasteiger charge is -2.38. The number of carbonyl (C=O) groups is 1. The minimum absolute atomic E-state index is 0.103. The Morgan fingerprint density at radius 3 is 2.90 bits per heavy atom. The molecule has 0 unspecified atom stereocenters. The largest absolute Gasteiger partial charge is 0.342 e. The van der Waals surface area contributed by atoms with Crippen LogP contribution >= 0.6 is 11.3 Å². The number of nitrogens with one attached hydrogen (secondary N) is 1. The van der Waals surface area contributed by atoms with Crippen LogP contribution in [0.4, 0.5) is 0 Å². The third-order valence-electron chi connectivity index (χ3n) is 4.08. The number of aromatic nitrogens is 1. The molecule has 1 aromatic rings. The van der Waals surface area contributed by atoms with Gasteiger partial charge in [-0.2, -0.15) is 0 Å². The van der Waals surface area contributed by atoms with Crippen molar-refractivity contribution in [3.8, 4) is 0 Å². The molecule has 2 atom stereocenters. The highest BCUT2D eigenvalue weighted by molar-refractivity contribution is 7.09. The van der Waals surface area contributed by atoms with Crippen molar-refractivity contribution in [1.29, 1.82) is 0 Å². The van der Waals surface area contributed by atoms with E-state index in [2.05, 4.69) is 24.1 Å². The van der Waals surface area contributed by atoms with Gasteiger partial charge in [0, 0.05) is 36.5 Å². The minimum Gasteiger partial charge on any atom is -0.342 e. The average Bonchev–Trinajstić information content (AvgIpc) is 2.82. The molecule has 1 fully saturated rings. The van der Waals surface area contributed by atoms with Crippen molar-refractivity contribution in [3.63, 3.8) is 0 Å². The second-order valence-electron chi connectivity index (χ2n) is 6.05. The van der Waals surface area contributed by atoms with Crippen LogP contribution in [0, 0.1) is 18.8 Å². The van der Waals surface area contributed by atoms with Crippen LogP contribution < -0.4 is 5.32 Å². The molecule has 1 aliphatic heterocycles. The summed E-state index contributed by atoms with van der Waals surface area (Å²) in [6, 6.07) is 0.493. The van der Waals surface area contributed by atoms with Crippen molar-refractivity contribution in [2.75, 3.05) is 13.1 Å². The standard InChI is InChI=1S/C15H25N3OS/c1-10(2)15(19)18-6-5-13(11(3)8-18)16-7-14-12(4)17-9-20-14/h9-11,13,16H,5-8H2,1-4H3/t11-,13-/m0/s1. The van der Waals surface area contributed by atoms with Gasteiger partial charge in [0.05, 0.1) is 11.2 Å². The molecule has 0 radical (unpaired) electrons. The van der Waals surface area contributed by atoms with E-state index in [1.807, 2.05) is 24.3 Å². The number of thiazole rings is 1. The van der Waals surface area contributed by atoms with E-state index in [9.17, 15) is 4.79 Å². The molecule has 4 nitrogen and oxygen atoms in total. The highest BCUT2D eigenvalue weighted by atomic mass is 32.1. The normalized spacial score (nSPS) is 23.4. The lowest BCUT2D eigenvalue weighted by Crippen LogP contribution is -2.50. The van der Waals surface area contributed by atoms with Crippen LogP contribution in [0.2, 0.25) is 0 Å². The zero-order chi connectivity index (χ0) is 14.7. The molecule has 1 saturated heterocycles. The Morgan fingerprint density at radius 2 is 2.35 bits per heavy atom. The molecule has 1 amide bonds. The van der Waals surface area contributed by atoms with Gasteiger partial charge in [-0.05, 0) is 19.3 Å². The van der Waals surface area contributed by atoms with Crippen LogP contribution in [0.25, 0.3) is 0 Å². The molecular formula is C15H25N3OS. The van der Waals surface area contributed by atoms with E-state index in [-0.39, 0.29) is 11.8 Å². The average molecular weight is 295 g/mol. The first-order chi connectivity index (χ1) is 9.49. The summed E-state index contributed by atoms with van der Waals surface area (Å²) in [5.74, 6) is 0.889. The van der Waals surface area contributed by atoms with Gasteiger partial charge in [0.15, 0.2) is 0 Å². The fourth-order valence-corrected chi connectivity index (χ4v) is 3.46. The number of nitrogens with zero attached hydrogens (tertiary/aromatic N) is 2. The molecule has 112 valence electrons. The van der Waals surface area contributed by atoms with E-state index in [1.165, 1.54) is 4.88 Å². The Hall–Kier alpha value is -0.940. The van der Waals surface area contributed by atoms with Crippen LogP contribution in [0.1, 0.15) is 37.8 Å². The van der Waals surface area contributed by atoms with E-state index in [4.69, 9.17) is 0 Å². The Kier molecular flexibility index (Phi) is 5.16. The lowest BCUT2D eigenvalue weighted by atomic mass is 9.93. The summed E-state index contributed by atoms with van der Waals surface area (Å²) in [5, 5.41) is 3.64. The highest BCUT2D eigenvalue weighted by Crippen LogP contribution is 2.20. The number of aryl methyl sites for hydroxylation is 1. The molecule has 0 bridgehead atoms. The van der Waals surface area contributed by atoms with Gasteiger partial charge in [-0.15, -0.1) is 11.3 Å². The number of hydrogen-bond donors (Lipinski definition) is 1. The smallest absolute Gasteiger partial charge is 0.225 e. The molecule has 0 aromatic carbocycles. The molecule has 2 rings (SSSR count). The molecule has 0 saturated carbocycles. The number of likely N-dealkylation sites (tertiary alicyclic amines) is 1. The molecule has 20 heavy (non-hydrogen) atoms. The zero-order valence-electron chi connectivity index (χ0n) is 12.8. The van der Waals surface area contributed by atoms with Gasteiger partial charge in [0.25, 0.3) is 0 Å². The number of piperidine rings is 1. The third-order valence-corrected chi connectivity index (χ3v) is 5.02. The number of amides is 1. The predicted octanol–water partition coefficient (Wildman–Crippen LogP) is 2.43. The summed E-state index contributed by atoms with van der Waals surface area (Å²) in [4.78, 5) is 19.7. The predicted molar refractivity (Wildman–Crippen MR) is 82.7 cm³/mol. The second-order valence-corrected chi connectivity index (χ2v) is 6.99. The first-order valence-corrected chi connectivity index (χ1v) is 8.28. The fourth-order valence-electron chi connectivity index (χ4n) is 2.73. The summed E-state index contributed by atoms with van der Waals surface area (Å²) >= 11 is 1.71. The molecule has 0 spiro atoms. The van der Waals surface area contributed by atoms with Gasteiger partial charge >= 0.3 is 0 Å². The minimum atomic E-state index is 0.103. The Morgan fingerprint density at radius 1 is 1.60 bits per heavy atom. The Labute approximate surface area is 125 Å². The van der Waals surface area contributed by atoms with Gasteiger partial charge in [-0.1, -0.05) is 20.8 Å². The molecule has 1 aromatic heterocycles. The summed E-state index contributed by atoms with van der Waals surface area (Å²) < 4.78 is 0. The van der Waals surface area contributed by atoms with E-state index in [0.717, 1.165) is 31.7 Å². The topological polar surface area (TPSA) is 45.2 Å². The number of rotatable bonds is 4. The van der Waals surface area contributed by atoms with Gasteiger partial charge in [0.1, 0.15) is 0 Å². The maximum absolute atomic E-state index is 12.0. The SMILES string of the molecule is Cc1ncsc1CN[C@H]1CCN(C(=O)C(C)C)C[C@@H]1C. The summed E-state index contributed by atoms with van der Waals surface area (Å²) in [7, 11) is 0. The summed E-state index contributed by atoms with van der Waals surface area (Å²) in [6.07, 6.45) is 1.04. The monoisotopic (exact) mass is 295 g/mol. The molecule has 2 heterocycles. The molecule has 1 aliphatic rings. The van der Waals surface area contributed by atoms with Crippen LogP contribution in [-0.2, 0) is 11.3 Å². The van der Waals surface area contributed by atoms with E-state index in [0.29, 0.717) is 12.0 Å². The van der Waals surface area contributed by atoms with Crippen molar-refractivity contribution < 1.29 is 4.79 Å². The highest BCUT2D eigenvalue weighted by Gasteiger charge is 2.29. The molecular weight excluding hydrogens is 270 g/mol. The molecule has 1 N–H and O–H groups in total. The van der Waals surface area contributed by atoms with E-state index in [1.54, 1.807) is 11.3 Å². The zero-order valence-corrected chi connectivity index (χ0v) is 13.7. The maximum atomic E-state index is 12.0. The third kappa shape index (κ3) is 3.58. The quantitative estimate of drug-likeness (QED) is 0.928. The maximum Gasteiger partial charge on any atom is 0.225 e. The van der Waals surface area contributed by atoms with Gasteiger partial charge < -0.3 is 10.2 Å². The molecule has 5 heteroatoms. The van der Waals surface area contributed by atoms with Crippen molar-refractivity contribution in [3.05, 3.63) is 16.1 Å². The van der Waals surface area contributed by atoms with Gasteiger partial charge in [-0.25, -0.2) is 4.98 Å². The van der Waals surface area contributed by atoms with Gasteiger partial charge in [0.2, 0.25) is 5.91 Å². The molecule has 0 aliphatic carbocycles. The van der Waals surface area contributed by atoms with Crippen molar-refractivity contribution in [2.45, 2.75) is 46.7 Å². The van der Waals surface area contributed by atoms with Crippen LogP contribution in [0.15, 0.2) is 5.51 Å². The Bertz CT molecular complexity index is 458. The fraction of sp³-hybridized carbons (Fsp3) is 0.733. The van der Waals surface area contributed by atoms with Gasteiger partial charge in [-0.3, -0.25) is 4.79 Å². The summed E-state index contributed by atoms with van der Waals surface area (Å²) in [6.45, 7) is 10.9. The second kappa shape index (κ2) is 6.68.